The van der Waals surface area contributed by atoms with Crippen LogP contribution < -0.4 is 9.62 Å². The van der Waals surface area contributed by atoms with Crippen LogP contribution in [-0.2, 0) is 20.2 Å². The lowest BCUT2D eigenvalue weighted by Gasteiger charge is -2.20. The van der Waals surface area contributed by atoms with Crippen molar-refractivity contribution in [2.75, 3.05) is 16.2 Å². The van der Waals surface area contributed by atoms with Gasteiger partial charge in [-0.25, -0.2) is 8.42 Å². The van der Waals surface area contributed by atoms with Crippen molar-refractivity contribution in [1.29, 1.82) is 0 Å². The molecule has 28 heavy (non-hydrogen) atoms. The summed E-state index contributed by atoms with van der Waals surface area (Å²) in [6.07, 6.45) is 0. The Bertz CT molecular complexity index is 1170. The summed E-state index contributed by atoms with van der Waals surface area (Å²) >= 11 is 0. The Hall–Kier alpha value is -2.86. The molecule has 6 heteroatoms. The van der Waals surface area contributed by atoms with Gasteiger partial charge in [0.25, 0.3) is 10.0 Å². The molecule has 0 unspecified atom stereocenters. The first kappa shape index (κ1) is 18.5. The largest absolute Gasteiger partial charge is 0.325 e. The average Bonchev–Trinajstić information content (AvgIpc) is 2.85. The van der Waals surface area contributed by atoms with Gasteiger partial charge >= 0.3 is 0 Å². The summed E-state index contributed by atoms with van der Waals surface area (Å²) in [5.41, 5.74) is 2.38. The van der Waals surface area contributed by atoms with E-state index in [9.17, 15) is 13.2 Å². The highest BCUT2D eigenvalue weighted by atomic mass is 32.2. The molecule has 0 atom stereocenters. The standard InChI is InChI=1S/C22H22N2O3S/c1-22(2,3)16-10-12-17(13-11-16)23-20(25)14-24-18-8-4-6-15-7-5-9-19(21(15)18)28(24,26)27/h4-13H,14H2,1-3H3,(H,23,25). The Morgan fingerprint density at radius 3 is 2.25 bits per heavy atom. The molecule has 1 aliphatic heterocycles. The summed E-state index contributed by atoms with van der Waals surface area (Å²) in [5, 5.41) is 4.32. The zero-order valence-corrected chi connectivity index (χ0v) is 16.9. The van der Waals surface area contributed by atoms with Gasteiger partial charge in [-0.15, -0.1) is 0 Å². The molecule has 1 amide bonds. The fourth-order valence-electron chi connectivity index (χ4n) is 3.51. The Morgan fingerprint density at radius 2 is 1.61 bits per heavy atom. The van der Waals surface area contributed by atoms with E-state index in [4.69, 9.17) is 0 Å². The van der Waals surface area contributed by atoms with Crippen molar-refractivity contribution in [3.05, 3.63) is 66.2 Å². The molecule has 0 fully saturated rings. The minimum absolute atomic E-state index is 0.0244. The number of carbonyl (C=O) groups excluding carboxylic acids is 1. The van der Waals surface area contributed by atoms with Gasteiger partial charge in [-0.05, 0) is 40.6 Å². The van der Waals surface area contributed by atoms with E-state index >= 15 is 0 Å². The summed E-state index contributed by atoms with van der Waals surface area (Å²) in [5.74, 6) is -0.378. The second-order valence-electron chi connectivity index (χ2n) is 8.02. The third-order valence-corrected chi connectivity index (χ3v) is 6.81. The fraction of sp³-hybridized carbons (Fsp3) is 0.227. The van der Waals surface area contributed by atoms with E-state index in [1.807, 2.05) is 36.4 Å². The van der Waals surface area contributed by atoms with Gasteiger partial charge in [0.05, 0.1) is 10.6 Å². The van der Waals surface area contributed by atoms with Gasteiger partial charge in [0.15, 0.2) is 0 Å². The number of sulfonamides is 1. The van der Waals surface area contributed by atoms with Crippen LogP contribution in [0.4, 0.5) is 11.4 Å². The monoisotopic (exact) mass is 394 g/mol. The normalized spacial score (nSPS) is 15.0. The number of rotatable bonds is 3. The summed E-state index contributed by atoms with van der Waals surface area (Å²) in [4.78, 5) is 12.8. The van der Waals surface area contributed by atoms with Crippen molar-refractivity contribution in [1.82, 2.24) is 0 Å². The molecule has 0 radical (unpaired) electrons. The minimum atomic E-state index is -3.74. The zero-order chi connectivity index (χ0) is 20.1. The summed E-state index contributed by atoms with van der Waals surface area (Å²) in [7, 11) is -3.74. The van der Waals surface area contributed by atoms with E-state index in [2.05, 4.69) is 26.1 Å². The van der Waals surface area contributed by atoms with E-state index in [0.29, 0.717) is 16.8 Å². The maximum atomic E-state index is 13.0. The Balaban J connectivity index is 1.58. The van der Waals surface area contributed by atoms with Crippen LogP contribution in [0.25, 0.3) is 10.8 Å². The minimum Gasteiger partial charge on any atom is -0.325 e. The molecule has 0 spiro atoms. The number of amides is 1. The first-order valence-corrected chi connectivity index (χ1v) is 10.6. The van der Waals surface area contributed by atoms with Crippen LogP contribution in [0.2, 0.25) is 0 Å². The van der Waals surface area contributed by atoms with Crippen molar-refractivity contribution in [3.63, 3.8) is 0 Å². The average molecular weight is 394 g/mol. The molecule has 5 nitrogen and oxygen atoms in total. The van der Waals surface area contributed by atoms with Crippen LogP contribution >= 0.6 is 0 Å². The summed E-state index contributed by atoms with van der Waals surface area (Å²) in [6, 6.07) is 18.2. The number of benzene rings is 3. The quantitative estimate of drug-likeness (QED) is 0.721. The molecule has 144 valence electrons. The fourth-order valence-corrected chi connectivity index (χ4v) is 5.18. The van der Waals surface area contributed by atoms with Gasteiger partial charge in [0.2, 0.25) is 5.91 Å². The Morgan fingerprint density at radius 1 is 0.964 bits per heavy atom. The molecular formula is C22H22N2O3S. The van der Waals surface area contributed by atoms with Gasteiger partial charge in [-0.2, -0.15) is 0 Å². The number of anilines is 2. The van der Waals surface area contributed by atoms with Crippen LogP contribution in [0.15, 0.2) is 65.6 Å². The molecule has 0 saturated carbocycles. The van der Waals surface area contributed by atoms with E-state index in [1.54, 1.807) is 24.3 Å². The predicted molar refractivity (Wildman–Crippen MR) is 112 cm³/mol. The van der Waals surface area contributed by atoms with Crippen molar-refractivity contribution in [3.8, 4) is 0 Å². The van der Waals surface area contributed by atoms with Crippen LogP contribution in [0.3, 0.4) is 0 Å². The lowest BCUT2D eigenvalue weighted by atomic mass is 9.87. The predicted octanol–water partition coefficient (Wildman–Crippen LogP) is 4.28. The Kier molecular flexibility index (Phi) is 4.19. The highest BCUT2D eigenvalue weighted by Crippen LogP contribution is 2.41. The van der Waals surface area contributed by atoms with Crippen LogP contribution in [0.1, 0.15) is 26.3 Å². The van der Waals surface area contributed by atoms with Gasteiger partial charge in [0.1, 0.15) is 6.54 Å². The molecule has 0 bridgehead atoms. The van der Waals surface area contributed by atoms with E-state index in [1.165, 1.54) is 4.31 Å². The third kappa shape index (κ3) is 3.03. The van der Waals surface area contributed by atoms with Crippen molar-refractivity contribution < 1.29 is 13.2 Å². The second-order valence-corrected chi connectivity index (χ2v) is 9.85. The molecule has 1 N–H and O–H groups in total. The highest BCUT2D eigenvalue weighted by Gasteiger charge is 2.36. The highest BCUT2D eigenvalue weighted by molar-refractivity contribution is 7.93. The van der Waals surface area contributed by atoms with Gasteiger partial charge in [0, 0.05) is 11.1 Å². The number of hydrogen-bond acceptors (Lipinski definition) is 3. The van der Waals surface area contributed by atoms with Gasteiger partial charge < -0.3 is 5.32 Å². The molecule has 0 aliphatic carbocycles. The summed E-state index contributed by atoms with van der Waals surface area (Å²) in [6.45, 7) is 6.10. The second kappa shape index (κ2) is 6.34. The lowest BCUT2D eigenvalue weighted by molar-refractivity contribution is -0.114. The first-order chi connectivity index (χ1) is 13.2. The third-order valence-electron chi connectivity index (χ3n) is 5.00. The van der Waals surface area contributed by atoms with E-state index < -0.39 is 10.0 Å². The van der Waals surface area contributed by atoms with Crippen LogP contribution in [0, 0.1) is 0 Å². The molecule has 4 rings (SSSR count). The van der Waals surface area contributed by atoms with Crippen molar-refractivity contribution >= 4 is 38.1 Å². The van der Waals surface area contributed by atoms with E-state index in [-0.39, 0.29) is 22.8 Å². The first-order valence-electron chi connectivity index (χ1n) is 9.13. The topological polar surface area (TPSA) is 66.5 Å². The van der Waals surface area contributed by atoms with Crippen LogP contribution in [0.5, 0.6) is 0 Å². The smallest absolute Gasteiger partial charge is 0.265 e. The van der Waals surface area contributed by atoms with Gasteiger partial charge in [-0.1, -0.05) is 57.2 Å². The molecule has 0 aromatic heterocycles. The maximum Gasteiger partial charge on any atom is 0.265 e. The van der Waals surface area contributed by atoms with Crippen molar-refractivity contribution in [2.24, 2.45) is 0 Å². The SMILES string of the molecule is CC(C)(C)c1ccc(NC(=O)CN2c3cccc4cccc(c34)S2(=O)=O)cc1. The number of nitrogens with zero attached hydrogens (tertiary/aromatic N) is 1. The number of hydrogen-bond donors (Lipinski definition) is 1. The van der Waals surface area contributed by atoms with Crippen molar-refractivity contribution in [2.45, 2.75) is 31.1 Å². The molecule has 3 aromatic carbocycles. The lowest BCUT2D eigenvalue weighted by Crippen LogP contribution is -2.35. The molecule has 0 saturated heterocycles. The van der Waals surface area contributed by atoms with Gasteiger partial charge in [-0.3, -0.25) is 9.10 Å². The maximum absolute atomic E-state index is 13.0. The zero-order valence-electron chi connectivity index (χ0n) is 16.1. The molecule has 3 aromatic rings. The van der Waals surface area contributed by atoms with E-state index in [0.717, 1.165) is 10.9 Å². The summed E-state index contributed by atoms with van der Waals surface area (Å²) < 4.78 is 27.1. The Labute approximate surface area is 165 Å². The van der Waals surface area contributed by atoms with Crippen LogP contribution in [-0.4, -0.2) is 20.9 Å². The molecular weight excluding hydrogens is 372 g/mol. The molecule has 1 heterocycles. The number of carbonyl (C=O) groups is 1. The molecule has 1 aliphatic rings. The number of nitrogens with one attached hydrogen (secondary N) is 1.